The number of carbonyl (C=O) groups excluding carboxylic acids is 1. The second-order valence-corrected chi connectivity index (χ2v) is 3.69. The van der Waals surface area contributed by atoms with Gasteiger partial charge in [0.2, 0.25) is 0 Å². The Kier molecular flexibility index (Phi) is 5.04. The van der Waals surface area contributed by atoms with Crippen LogP contribution in [0.3, 0.4) is 0 Å². The molecule has 0 atom stereocenters. The summed E-state index contributed by atoms with van der Waals surface area (Å²) in [4.78, 5) is 11.3. The van der Waals surface area contributed by atoms with Crippen LogP contribution >= 0.6 is 15.9 Å². The fourth-order valence-corrected chi connectivity index (χ4v) is 1.75. The zero-order valence-electron chi connectivity index (χ0n) is 9.25. The lowest BCUT2D eigenvalue weighted by atomic mass is 10.1. The summed E-state index contributed by atoms with van der Waals surface area (Å²) in [5.74, 6) is -0.894. The maximum absolute atomic E-state index is 12.2. The van der Waals surface area contributed by atoms with Crippen LogP contribution in [0.5, 0.6) is 5.75 Å². The summed E-state index contributed by atoms with van der Waals surface area (Å²) in [6.07, 6.45) is 0. The molecule has 0 aliphatic heterocycles. The molecular weight excluding hydrogens is 312 g/mol. The van der Waals surface area contributed by atoms with E-state index in [9.17, 15) is 13.6 Å². The normalized spacial score (nSPS) is 10.0. The first kappa shape index (κ1) is 14.4. The van der Waals surface area contributed by atoms with Crippen LogP contribution in [0.15, 0.2) is 12.1 Å². The molecule has 1 rings (SSSR count). The van der Waals surface area contributed by atoms with Gasteiger partial charge in [-0.15, -0.1) is 0 Å². The predicted molar refractivity (Wildman–Crippen MR) is 61.8 cm³/mol. The number of hydrogen-bond donors (Lipinski definition) is 0. The molecule has 0 saturated heterocycles. The lowest BCUT2D eigenvalue weighted by molar-refractivity contribution is -0.0505. The second kappa shape index (κ2) is 6.31. The molecule has 0 amide bonds. The highest BCUT2D eigenvalue weighted by molar-refractivity contribution is 9.08. The van der Waals surface area contributed by atoms with Crippen LogP contribution in [-0.2, 0) is 10.1 Å². The van der Waals surface area contributed by atoms with Gasteiger partial charge in [0.1, 0.15) is 11.8 Å². The van der Waals surface area contributed by atoms with Crippen LogP contribution in [0.2, 0.25) is 0 Å². The molecule has 0 aromatic heterocycles. The molecule has 0 saturated carbocycles. The molecule has 0 fully saturated rings. The van der Waals surface area contributed by atoms with Gasteiger partial charge in [-0.25, -0.2) is 4.79 Å². The number of methoxy groups -OCH3 is 1. The Balaban J connectivity index is 3.35. The second-order valence-electron chi connectivity index (χ2n) is 3.13. The zero-order chi connectivity index (χ0) is 13.7. The van der Waals surface area contributed by atoms with Crippen molar-refractivity contribution in [3.63, 3.8) is 0 Å². The van der Waals surface area contributed by atoms with Gasteiger partial charge < -0.3 is 9.47 Å². The van der Waals surface area contributed by atoms with E-state index in [2.05, 4.69) is 25.4 Å². The number of hydrogen-bond acceptors (Lipinski definition) is 4. The van der Waals surface area contributed by atoms with E-state index in [4.69, 9.17) is 5.26 Å². The Hall–Kier alpha value is -1.68. The molecule has 0 heterocycles. The maximum atomic E-state index is 12.2. The van der Waals surface area contributed by atoms with Crippen molar-refractivity contribution in [3.8, 4) is 11.8 Å². The van der Waals surface area contributed by atoms with Crippen molar-refractivity contribution in [2.45, 2.75) is 11.9 Å². The van der Waals surface area contributed by atoms with Crippen LogP contribution in [0.4, 0.5) is 8.78 Å². The number of alkyl halides is 3. The number of esters is 1. The van der Waals surface area contributed by atoms with Crippen LogP contribution in [0.25, 0.3) is 0 Å². The van der Waals surface area contributed by atoms with Crippen LogP contribution in [0, 0.1) is 11.3 Å². The van der Waals surface area contributed by atoms with Gasteiger partial charge in [0, 0.05) is 10.9 Å². The van der Waals surface area contributed by atoms with Crippen molar-refractivity contribution in [1.82, 2.24) is 0 Å². The van der Waals surface area contributed by atoms with Gasteiger partial charge in [-0.05, 0) is 12.1 Å². The van der Waals surface area contributed by atoms with Gasteiger partial charge >= 0.3 is 12.6 Å². The Labute approximate surface area is 110 Å². The van der Waals surface area contributed by atoms with Crippen molar-refractivity contribution in [2.75, 3.05) is 7.11 Å². The van der Waals surface area contributed by atoms with Gasteiger partial charge in [0.15, 0.2) is 0 Å². The molecule has 0 bridgehead atoms. The SMILES string of the molecule is COC(=O)c1cc(C#N)c(OC(F)F)c(CBr)c1. The largest absolute Gasteiger partial charge is 0.465 e. The van der Waals surface area contributed by atoms with Crippen molar-refractivity contribution in [3.05, 3.63) is 28.8 Å². The van der Waals surface area contributed by atoms with Gasteiger partial charge in [0.25, 0.3) is 0 Å². The summed E-state index contributed by atoms with van der Waals surface area (Å²) in [5, 5.41) is 9.05. The predicted octanol–water partition coefficient (Wildman–Crippen LogP) is 2.84. The van der Waals surface area contributed by atoms with Gasteiger partial charge in [-0.3, -0.25) is 0 Å². The molecule has 0 unspecified atom stereocenters. The smallest absolute Gasteiger partial charge is 0.387 e. The molecule has 7 heteroatoms. The van der Waals surface area contributed by atoms with E-state index in [-0.39, 0.29) is 27.8 Å². The van der Waals surface area contributed by atoms with Gasteiger partial charge in [-0.1, -0.05) is 15.9 Å². The van der Waals surface area contributed by atoms with Crippen molar-refractivity contribution in [1.29, 1.82) is 5.26 Å². The molecule has 1 aromatic carbocycles. The van der Waals surface area contributed by atoms with Crippen molar-refractivity contribution < 1.29 is 23.0 Å². The van der Waals surface area contributed by atoms with E-state index in [1.54, 1.807) is 6.07 Å². The van der Waals surface area contributed by atoms with Gasteiger partial charge in [0.05, 0.1) is 18.2 Å². The number of nitriles is 1. The minimum Gasteiger partial charge on any atom is -0.465 e. The van der Waals surface area contributed by atoms with Crippen molar-refractivity contribution in [2.24, 2.45) is 0 Å². The van der Waals surface area contributed by atoms with Crippen molar-refractivity contribution >= 4 is 21.9 Å². The minimum absolute atomic E-state index is 0.102. The third kappa shape index (κ3) is 3.17. The first-order valence-corrected chi connectivity index (χ1v) is 5.81. The van der Waals surface area contributed by atoms with E-state index in [0.29, 0.717) is 0 Å². The number of nitrogens with zero attached hydrogens (tertiary/aromatic N) is 1. The highest BCUT2D eigenvalue weighted by Crippen LogP contribution is 2.29. The van der Waals surface area contributed by atoms with Gasteiger partial charge in [-0.2, -0.15) is 14.0 Å². The highest BCUT2D eigenvalue weighted by Gasteiger charge is 2.18. The van der Waals surface area contributed by atoms with E-state index < -0.39 is 12.6 Å². The summed E-state index contributed by atoms with van der Waals surface area (Å²) < 4.78 is 33.3. The lowest BCUT2D eigenvalue weighted by Gasteiger charge is -2.12. The fourth-order valence-electron chi connectivity index (χ4n) is 1.34. The molecule has 18 heavy (non-hydrogen) atoms. The molecule has 1 aromatic rings. The summed E-state index contributed by atoms with van der Waals surface area (Å²) >= 11 is 3.08. The Morgan fingerprint density at radius 2 is 2.22 bits per heavy atom. The molecule has 0 aliphatic rings. The Morgan fingerprint density at radius 3 is 2.67 bits per heavy atom. The van der Waals surface area contributed by atoms with E-state index in [1.807, 2.05) is 0 Å². The molecule has 4 nitrogen and oxygen atoms in total. The third-order valence-corrected chi connectivity index (χ3v) is 2.66. The standard InChI is InChI=1S/C11H8BrF2NO3/c1-17-10(16)6-2-7(4-12)9(18-11(13)14)8(3-6)5-15/h2-3,11H,4H2,1H3. The lowest BCUT2D eigenvalue weighted by Crippen LogP contribution is -2.09. The Bertz CT molecular complexity index is 500. The number of halogens is 3. The fraction of sp³-hybridized carbons (Fsp3) is 0.273. The third-order valence-electron chi connectivity index (χ3n) is 2.06. The molecule has 0 spiro atoms. The summed E-state index contributed by atoms with van der Waals surface area (Å²) in [7, 11) is 1.19. The molecule has 96 valence electrons. The average molecular weight is 320 g/mol. The summed E-state index contributed by atoms with van der Waals surface area (Å²) in [5.41, 5.74) is 0.229. The monoisotopic (exact) mass is 319 g/mol. The van der Waals surface area contributed by atoms with Crippen LogP contribution in [0.1, 0.15) is 21.5 Å². The molecule has 0 aliphatic carbocycles. The quantitative estimate of drug-likeness (QED) is 0.632. The van der Waals surface area contributed by atoms with Crippen LogP contribution < -0.4 is 4.74 Å². The molecular formula is C11H8BrF2NO3. The molecule has 0 N–H and O–H groups in total. The average Bonchev–Trinajstić information content (AvgIpc) is 2.37. The van der Waals surface area contributed by atoms with E-state index in [1.165, 1.54) is 13.2 Å². The summed E-state index contributed by atoms with van der Waals surface area (Å²) in [6, 6.07) is 4.19. The highest BCUT2D eigenvalue weighted by atomic mass is 79.9. The molecule has 0 radical (unpaired) electrons. The number of benzene rings is 1. The zero-order valence-corrected chi connectivity index (χ0v) is 10.8. The van der Waals surface area contributed by atoms with E-state index in [0.717, 1.165) is 6.07 Å². The van der Waals surface area contributed by atoms with E-state index >= 15 is 0 Å². The minimum atomic E-state index is -3.04. The summed E-state index contributed by atoms with van der Waals surface area (Å²) in [6.45, 7) is -3.04. The first-order chi connectivity index (χ1) is 8.53. The number of ether oxygens (including phenoxy) is 2. The maximum Gasteiger partial charge on any atom is 0.387 e. The topological polar surface area (TPSA) is 59.3 Å². The first-order valence-electron chi connectivity index (χ1n) is 4.69. The number of rotatable bonds is 4. The Morgan fingerprint density at radius 1 is 1.56 bits per heavy atom. The number of carbonyl (C=O) groups is 1. The van der Waals surface area contributed by atoms with Crippen LogP contribution in [-0.4, -0.2) is 19.7 Å².